The van der Waals surface area contributed by atoms with Crippen molar-refractivity contribution in [2.45, 2.75) is 26.1 Å². The van der Waals surface area contributed by atoms with Crippen molar-refractivity contribution in [2.75, 3.05) is 18.5 Å². The van der Waals surface area contributed by atoms with Crippen molar-refractivity contribution in [3.63, 3.8) is 0 Å². The topological polar surface area (TPSA) is 128 Å². The molecule has 0 aromatic heterocycles. The predicted molar refractivity (Wildman–Crippen MR) is 90.9 cm³/mol. The van der Waals surface area contributed by atoms with Crippen LogP contribution in [0.5, 0.6) is 0 Å². The van der Waals surface area contributed by atoms with Gasteiger partial charge in [-0.1, -0.05) is 0 Å². The zero-order valence-corrected chi connectivity index (χ0v) is 13.6. The number of benzene rings is 1. The minimum Gasteiger partial charge on any atom is -0.382 e. The molecule has 1 fully saturated rings. The summed E-state index contributed by atoms with van der Waals surface area (Å²) in [5.74, 6) is -0.458. The first-order valence-electron chi connectivity index (χ1n) is 7.53. The highest BCUT2D eigenvalue weighted by Crippen LogP contribution is 2.16. The standard InChI is InChI=1S/C16H20N6O2/c1-10-8-22(9-11(2)24-10)16(23)12-3-5-13(6-4-12)20-21-14(7-17)15(18)19/h3-6,10-11,20H,8-9H2,1-2H3,(H3,18,19)/b21-14+. The molecule has 0 radical (unpaired) electrons. The van der Waals surface area contributed by atoms with E-state index < -0.39 is 5.84 Å². The fourth-order valence-corrected chi connectivity index (χ4v) is 2.48. The number of nitrogens with zero attached hydrogens (tertiary/aromatic N) is 3. The second-order valence-corrected chi connectivity index (χ2v) is 5.64. The smallest absolute Gasteiger partial charge is 0.254 e. The van der Waals surface area contributed by atoms with Crippen molar-refractivity contribution >= 4 is 23.1 Å². The molecule has 2 unspecified atom stereocenters. The average Bonchev–Trinajstić information content (AvgIpc) is 2.54. The van der Waals surface area contributed by atoms with Gasteiger partial charge in [-0.15, -0.1) is 0 Å². The molecule has 1 aromatic rings. The molecule has 126 valence electrons. The molecule has 1 aromatic carbocycles. The minimum atomic E-state index is -0.410. The van der Waals surface area contributed by atoms with Crippen LogP contribution in [0.2, 0.25) is 0 Å². The van der Waals surface area contributed by atoms with E-state index in [4.69, 9.17) is 21.1 Å². The van der Waals surface area contributed by atoms with E-state index in [-0.39, 0.29) is 23.8 Å². The van der Waals surface area contributed by atoms with E-state index in [0.29, 0.717) is 24.3 Å². The maximum absolute atomic E-state index is 12.5. The summed E-state index contributed by atoms with van der Waals surface area (Å²) in [5, 5.41) is 19.7. The fraction of sp³-hybridized carbons (Fsp3) is 0.375. The van der Waals surface area contributed by atoms with Gasteiger partial charge in [0.2, 0.25) is 5.71 Å². The Balaban J connectivity index is 2.05. The van der Waals surface area contributed by atoms with Crippen LogP contribution in [-0.4, -0.2) is 47.7 Å². The van der Waals surface area contributed by atoms with Crippen molar-refractivity contribution < 1.29 is 9.53 Å². The molecule has 0 saturated carbocycles. The number of carbonyl (C=O) groups is 1. The molecule has 24 heavy (non-hydrogen) atoms. The summed E-state index contributed by atoms with van der Waals surface area (Å²) in [4.78, 5) is 14.3. The lowest BCUT2D eigenvalue weighted by atomic mass is 10.1. The second-order valence-electron chi connectivity index (χ2n) is 5.64. The molecule has 2 atom stereocenters. The van der Waals surface area contributed by atoms with Crippen molar-refractivity contribution in [1.82, 2.24) is 4.90 Å². The summed E-state index contributed by atoms with van der Waals surface area (Å²) in [6.07, 6.45) is 0.0351. The number of ether oxygens (including phenoxy) is 1. The molecule has 0 bridgehead atoms. The molecule has 2 rings (SSSR count). The molecule has 4 N–H and O–H groups in total. The van der Waals surface area contributed by atoms with Crippen LogP contribution in [-0.2, 0) is 4.74 Å². The van der Waals surface area contributed by atoms with E-state index >= 15 is 0 Å². The minimum absolute atomic E-state index is 0.0176. The predicted octanol–water partition coefficient (Wildman–Crippen LogP) is 1.16. The molecule has 1 heterocycles. The third-order valence-electron chi connectivity index (χ3n) is 3.50. The van der Waals surface area contributed by atoms with Crippen LogP contribution in [0.1, 0.15) is 24.2 Å². The van der Waals surface area contributed by atoms with Crippen LogP contribution in [0.15, 0.2) is 29.4 Å². The number of carbonyl (C=O) groups excluding carboxylic acids is 1. The molecular weight excluding hydrogens is 308 g/mol. The highest BCUT2D eigenvalue weighted by Gasteiger charge is 2.26. The van der Waals surface area contributed by atoms with Gasteiger partial charge >= 0.3 is 0 Å². The van der Waals surface area contributed by atoms with Gasteiger partial charge in [-0.2, -0.15) is 10.4 Å². The number of nitrogens with two attached hydrogens (primary N) is 1. The number of nitrogens with one attached hydrogen (secondary N) is 2. The third-order valence-corrected chi connectivity index (χ3v) is 3.50. The van der Waals surface area contributed by atoms with Crippen molar-refractivity contribution in [3.8, 4) is 6.07 Å². The van der Waals surface area contributed by atoms with Gasteiger partial charge in [-0.3, -0.25) is 15.6 Å². The number of morpholine rings is 1. The molecule has 1 amide bonds. The monoisotopic (exact) mass is 328 g/mol. The Morgan fingerprint density at radius 1 is 1.38 bits per heavy atom. The van der Waals surface area contributed by atoms with Crippen molar-refractivity contribution in [2.24, 2.45) is 10.8 Å². The zero-order valence-electron chi connectivity index (χ0n) is 13.6. The number of hydrazone groups is 1. The van der Waals surface area contributed by atoms with Crippen LogP contribution in [0.3, 0.4) is 0 Å². The quantitative estimate of drug-likeness (QED) is 0.434. The molecule has 1 saturated heterocycles. The Hall–Kier alpha value is -2.92. The lowest BCUT2D eigenvalue weighted by molar-refractivity contribution is -0.0586. The summed E-state index contributed by atoms with van der Waals surface area (Å²) in [6, 6.07) is 8.45. The van der Waals surface area contributed by atoms with E-state index in [9.17, 15) is 4.79 Å². The number of amidine groups is 1. The van der Waals surface area contributed by atoms with Crippen molar-refractivity contribution in [3.05, 3.63) is 29.8 Å². The van der Waals surface area contributed by atoms with Gasteiger partial charge < -0.3 is 15.4 Å². The summed E-state index contributed by atoms with van der Waals surface area (Å²) < 4.78 is 5.63. The van der Waals surface area contributed by atoms with Crippen LogP contribution in [0.25, 0.3) is 0 Å². The van der Waals surface area contributed by atoms with E-state index in [1.54, 1.807) is 35.2 Å². The summed E-state index contributed by atoms with van der Waals surface area (Å²) in [5.41, 5.74) is 8.80. The van der Waals surface area contributed by atoms with Crippen molar-refractivity contribution in [1.29, 1.82) is 10.7 Å². The molecule has 1 aliphatic rings. The molecular formula is C16H20N6O2. The van der Waals surface area contributed by atoms with Gasteiger partial charge in [0.25, 0.3) is 5.91 Å². The SMILES string of the molecule is CC1CN(C(=O)c2ccc(N/N=C(\C#N)C(=N)N)cc2)CC(C)O1. The van der Waals surface area contributed by atoms with Crippen LogP contribution in [0, 0.1) is 16.7 Å². The molecule has 8 nitrogen and oxygen atoms in total. The Morgan fingerprint density at radius 3 is 2.46 bits per heavy atom. The molecule has 1 aliphatic heterocycles. The molecule has 0 aliphatic carbocycles. The first kappa shape index (κ1) is 17.4. The zero-order chi connectivity index (χ0) is 17.7. The Labute approximate surface area is 140 Å². The lowest BCUT2D eigenvalue weighted by Gasteiger charge is -2.35. The van der Waals surface area contributed by atoms with Crippen LogP contribution >= 0.6 is 0 Å². The van der Waals surface area contributed by atoms with Gasteiger partial charge in [-0.25, -0.2) is 0 Å². The fourth-order valence-electron chi connectivity index (χ4n) is 2.48. The third kappa shape index (κ3) is 4.30. The van der Waals surface area contributed by atoms with E-state index in [1.165, 1.54) is 0 Å². The number of hydrogen-bond donors (Lipinski definition) is 3. The highest BCUT2D eigenvalue weighted by molar-refractivity contribution is 6.45. The maximum Gasteiger partial charge on any atom is 0.254 e. The summed E-state index contributed by atoms with van der Waals surface area (Å²) >= 11 is 0. The van der Waals surface area contributed by atoms with Crippen LogP contribution in [0.4, 0.5) is 5.69 Å². The van der Waals surface area contributed by atoms with Gasteiger partial charge in [-0.05, 0) is 38.1 Å². The van der Waals surface area contributed by atoms with E-state index in [2.05, 4.69) is 10.5 Å². The number of hydrogen-bond acceptors (Lipinski definition) is 6. The largest absolute Gasteiger partial charge is 0.382 e. The average molecular weight is 328 g/mol. The lowest BCUT2D eigenvalue weighted by Crippen LogP contribution is -2.48. The first-order valence-corrected chi connectivity index (χ1v) is 7.53. The molecule has 8 heteroatoms. The Bertz CT molecular complexity index is 682. The molecule has 0 spiro atoms. The Kier molecular flexibility index (Phi) is 5.50. The normalized spacial score (nSPS) is 21.0. The number of amides is 1. The summed E-state index contributed by atoms with van der Waals surface area (Å²) in [6.45, 7) is 5.03. The van der Waals surface area contributed by atoms with Gasteiger partial charge in [0.15, 0.2) is 5.84 Å². The second kappa shape index (κ2) is 7.57. The van der Waals surface area contributed by atoms with E-state index in [0.717, 1.165) is 0 Å². The highest BCUT2D eigenvalue weighted by atomic mass is 16.5. The van der Waals surface area contributed by atoms with E-state index in [1.807, 2.05) is 13.8 Å². The Morgan fingerprint density at radius 2 is 1.96 bits per heavy atom. The summed E-state index contributed by atoms with van der Waals surface area (Å²) in [7, 11) is 0. The van der Waals surface area contributed by atoms with Crippen LogP contribution < -0.4 is 11.2 Å². The first-order chi connectivity index (χ1) is 11.4. The van der Waals surface area contributed by atoms with Gasteiger partial charge in [0.05, 0.1) is 17.9 Å². The van der Waals surface area contributed by atoms with Gasteiger partial charge in [0, 0.05) is 18.7 Å². The number of nitriles is 1. The number of rotatable bonds is 4. The number of anilines is 1. The maximum atomic E-state index is 12.5. The van der Waals surface area contributed by atoms with Gasteiger partial charge in [0.1, 0.15) is 6.07 Å².